The molecular formula is C26H45NO21. The highest BCUT2D eigenvalue weighted by atomic mass is 16.8. The van der Waals surface area contributed by atoms with E-state index in [1.54, 1.807) is 0 Å². The Kier molecular flexibility index (Phi) is 13.4. The summed E-state index contributed by atoms with van der Waals surface area (Å²) < 4.78 is 38.3. The fourth-order valence-electron chi connectivity index (χ4n) is 5.97. The van der Waals surface area contributed by atoms with Gasteiger partial charge in [0.05, 0.1) is 26.4 Å². The standard InChI is InChI=1S/C26H45NO21/c1-7(32)27-13-15(35)20(47-25-19(39)16(36)14(34)9(3-28)43-25)11(5-30)44-24(13)48-26(41)2-8(33)23(45-12(26)6-31)46-21-10(4-29)42-22(40)18(38)17(21)37/h8-25,28-31,33-41H,2-6H2,1H3,(H,27,32)/t8?,9?,10?,11?,12?,13?,14-,15+,16-,17+,18?,19?,20+,21+,22+,23-,24-,25-,26-/m0/s1. The van der Waals surface area contributed by atoms with Crippen molar-refractivity contribution in [1.29, 1.82) is 0 Å². The van der Waals surface area contributed by atoms with Crippen LogP contribution in [0.1, 0.15) is 13.3 Å². The van der Waals surface area contributed by atoms with Crippen LogP contribution in [0.15, 0.2) is 0 Å². The number of carbonyl (C=O) groups is 1. The van der Waals surface area contributed by atoms with Crippen LogP contribution in [0.3, 0.4) is 0 Å². The van der Waals surface area contributed by atoms with E-state index < -0.39 is 155 Å². The smallest absolute Gasteiger partial charge is 0.217 e. The predicted octanol–water partition coefficient (Wildman–Crippen LogP) is -9.26. The minimum absolute atomic E-state index is 0.761. The highest BCUT2D eigenvalue weighted by molar-refractivity contribution is 5.73. The molecule has 14 N–H and O–H groups in total. The average Bonchev–Trinajstić information content (AvgIpc) is 3.04. The summed E-state index contributed by atoms with van der Waals surface area (Å²) in [6.07, 6.45) is -30.4. The molecule has 22 heteroatoms. The first-order chi connectivity index (χ1) is 22.6. The number of amides is 1. The van der Waals surface area contributed by atoms with Gasteiger partial charge < -0.3 is 105 Å². The third-order valence-corrected chi connectivity index (χ3v) is 8.60. The zero-order valence-corrected chi connectivity index (χ0v) is 25.5. The van der Waals surface area contributed by atoms with Gasteiger partial charge in [-0.25, -0.2) is 0 Å². The highest BCUT2D eigenvalue weighted by Crippen LogP contribution is 2.37. The van der Waals surface area contributed by atoms with Crippen molar-refractivity contribution >= 4 is 5.91 Å². The summed E-state index contributed by atoms with van der Waals surface area (Å²) in [7, 11) is 0. The van der Waals surface area contributed by atoms with Crippen LogP contribution in [0, 0.1) is 0 Å². The van der Waals surface area contributed by atoms with Gasteiger partial charge in [0.25, 0.3) is 0 Å². The molecule has 0 radical (unpaired) electrons. The molecule has 22 nitrogen and oxygen atoms in total. The van der Waals surface area contributed by atoms with Crippen LogP contribution in [0.25, 0.3) is 0 Å². The second kappa shape index (κ2) is 16.3. The molecule has 0 spiro atoms. The van der Waals surface area contributed by atoms with Crippen LogP contribution < -0.4 is 5.32 Å². The molecule has 4 aliphatic rings. The Balaban J connectivity index is 1.51. The molecule has 0 aromatic heterocycles. The quantitative estimate of drug-likeness (QED) is 0.0886. The van der Waals surface area contributed by atoms with Gasteiger partial charge in [0.2, 0.25) is 5.91 Å². The molecule has 0 aromatic rings. The van der Waals surface area contributed by atoms with Gasteiger partial charge in [-0.05, 0) is 0 Å². The van der Waals surface area contributed by atoms with Crippen molar-refractivity contribution in [3.63, 3.8) is 0 Å². The van der Waals surface area contributed by atoms with Crippen molar-refractivity contribution < 1.29 is 104 Å². The number of hydrogen-bond donors (Lipinski definition) is 14. The number of rotatable bonds is 11. The molecular weight excluding hydrogens is 662 g/mol. The Hall–Kier alpha value is -1.33. The number of ether oxygens (including phenoxy) is 7. The molecule has 0 aromatic carbocycles. The third-order valence-electron chi connectivity index (χ3n) is 8.60. The van der Waals surface area contributed by atoms with Gasteiger partial charge in [0.1, 0.15) is 85.4 Å². The summed E-state index contributed by atoms with van der Waals surface area (Å²) in [5.74, 6) is -3.43. The number of aliphatic hydroxyl groups is 13. The molecule has 19 atom stereocenters. The summed E-state index contributed by atoms with van der Waals surface area (Å²) in [5.41, 5.74) is 0. The van der Waals surface area contributed by atoms with Crippen molar-refractivity contribution in [2.45, 2.75) is 130 Å². The second-order valence-electron chi connectivity index (χ2n) is 12.0. The molecule has 4 heterocycles. The van der Waals surface area contributed by atoms with Gasteiger partial charge in [-0.15, -0.1) is 0 Å². The van der Waals surface area contributed by atoms with Crippen molar-refractivity contribution in [1.82, 2.24) is 5.32 Å². The molecule has 4 saturated heterocycles. The van der Waals surface area contributed by atoms with E-state index in [-0.39, 0.29) is 0 Å². The van der Waals surface area contributed by atoms with Crippen LogP contribution in [0.2, 0.25) is 0 Å². The van der Waals surface area contributed by atoms with Gasteiger partial charge in [-0.2, -0.15) is 0 Å². The van der Waals surface area contributed by atoms with E-state index in [2.05, 4.69) is 5.32 Å². The van der Waals surface area contributed by atoms with Gasteiger partial charge in [0.15, 0.2) is 30.9 Å². The zero-order chi connectivity index (χ0) is 35.7. The minimum atomic E-state index is -2.67. The van der Waals surface area contributed by atoms with Gasteiger partial charge >= 0.3 is 0 Å². The summed E-state index contributed by atoms with van der Waals surface area (Å²) in [6.45, 7) is -2.47. The van der Waals surface area contributed by atoms with E-state index >= 15 is 0 Å². The molecule has 0 bridgehead atoms. The van der Waals surface area contributed by atoms with Crippen molar-refractivity contribution in [2.75, 3.05) is 26.4 Å². The molecule has 4 aliphatic heterocycles. The van der Waals surface area contributed by atoms with Crippen LogP contribution >= 0.6 is 0 Å². The number of aliphatic hydroxyl groups excluding tert-OH is 12. The lowest BCUT2D eigenvalue weighted by molar-refractivity contribution is -0.421. The number of carbonyl (C=O) groups excluding carboxylic acids is 1. The maximum atomic E-state index is 12.1. The second-order valence-corrected chi connectivity index (χ2v) is 12.0. The summed E-state index contributed by atoms with van der Waals surface area (Å²) in [4.78, 5) is 12.1. The lowest BCUT2D eigenvalue weighted by atomic mass is 9.94. The summed E-state index contributed by atoms with van der Waals surface area (Å²) >= 11 is 0. The Labute approximate surface area is 272 Å². The number of hydrogen-bond acceptors (Lipinski definition) is 21. The van der Waals surface area contributed by atoms with E-state index in [0.717, 1.165) is 6.92 Å². The van der Waals surface area contributed by atoms with Crippen LogP contribution in [-0.2, 0) is 38.0 Å². The molecule has 8 unspecified atom stereocenters. The Morgan fingerprint density at radius 3 is 1.81 bits per heavy atom. The Bertz CT molecular complexity index is 1040. The fourth-order valence-corrected chi connectivity index (χ4v) is 5.97. The first kappa shape index (κ1) is 39.5. The topological polar surface area (TPSA) is 357 Å². The summed E-state index contributed by atoms with van der Waals surface area (Å²) in [5, 5.41) is 136. The monoisotopic (exact) mass is 707 g/mol. The van der Waals surface area contributed by atoms with E-state index in [4.69, 9.17) is 33.2 Å². The maximum Gasteiger partial charge on any atom is 0.217 e. The fraction of sp³-hybridized carbons (Fsp3) is 0.962. The molecule has 48 heavy (non-hydrogen) atoms. The van der Waals surface area contributed by atoms with E-state index in [9.17, 15) is 71.2 Å². The molecule has 4 rings (SSSR count). The van der Waals surface area contributed by atoms with Gasteiger partial charge in [-0.3, -0.25) is 4.79 Å². The lowest BCUT2D eigenvalue weighted by Crippen LogP contribution is -2.70. The predicted molar refractivity (Wildman–Crippen MR) is 145 cm³/mol. The van der Waals surface area contributed by atoms with Crippen LogP contribution in [-0.4, -0.2) is 215 Å². The molecule has 280 valence electrons. The third kappa shape index (κ3) is 8.08. The van der Waals surface area contributed by atoms with Crippen molar-refractivity contribution in [3.05, 3.63) is 0 Å². The molecule has 0 saturated carbocycles. The van der Waals surface area contributed by atoms with E-state index in [1.807, 2.05) is 0 Å². The van der Waals surface area contributed by atoms with Gasteiger partial charge in [-0.1, -0.05) is 0 Å². The first-order valence-electron chi connectivity index (χ1n) is 15.1. The van der Waals surface area contributed by atoms with Crippen molar-refractivity contribution in [3.8, 4) is 0 Å². The highest BCUT2D eigenvalue weighted by Gasteiger charge is 2.57. The Morgan fingerprint density at radius 2 is 1.23 bits per heavy atom. The molecule has 0 aliphatic carbocycles. The van der Waals surface area contributed by atoms with Crippen molar-refractivity contribution in [2.24, 2.45) is 0 Å². The largest absolute Gasteiger partial charge is 0.394 e. The SMILES string of the molecule is CC(=O)NC1[C@H](O[C@@]2(O)CC(O)[C@H](O[C@@H]3C(CO)O[C@@H](O)C(O)[C@H]3O)OC2CO)OC(CO)[C@@H](O[C@@H]2OC(CO)[C@H](O)[C@H](O)C2O)[C@@H]1O. The van der Waals surface area contributed by atoms with Crippen LogP contribution in [0.4, 0.5) is 0 Å². The molecule has 1 amide bonds. The Morgan fingerprint density at radius 1 is 0.667 bits per heavy atom. The lowest BCUT2D eigenvalue weighted by Gasteiger charge is -2.51. The van der Waals surface area contributed by atoms with E-state index in [1.165, 1.54) is 0 Å². The first-order valence-corrected chi connectivity index (χ1v) is 15.1. The maximum absolute atomic E-state index is 12.1. The average molecular weight is 708 g/mol. The molecule has 4 fully saturated rings. The zero-order valence-electron chi connectivity index (χ0n) is 25.5. The number of nitrogens with one attached hydrogen (secondary N) is 1. The van der Waals surface area contributed by atoms with Gasteiger partial charge in [0, 0.05) is 13.3 Å². The van der Waals surface area contributed by atoms with Crippen LogP contribution in [0.5, 0.6) is 0 Å². The summed E-state index contributed by atoms with van der Waals surface area (Å²) in [6, 6.07) is -1.64. The minimum Gasteiger partial charge on any atom is -0.394 e. The van der Waals surface area contributed by atoms with E-state index in [0.29, 0.717) is 0 Å². The normalized spacial score (nSPS) is 50.2.